The summed E-state index contributed by atoms with van der Waals surface area (Å²) in [4.78, 5) is 31.2. The van der Waals surface area contributed by atoms with Gasteiger partial charge in [-0.15, -0.1) is 0 Å². The number of benzene rings is 2. The number of aromatic nitrogens is 1. The molecule has 0 aliphatic carbocycles. The molecule has 1 aliphatic heterocycles. The van der Waals surface area contributed by atoms with Crippen molar-refractivity contribution in [1.82, 2.24) is 4.98 Å². The van der Waals surface area contributed by atoms with Crippen LogP contribution in [0.2, 0.25) is 0 Å². The van der Waals surface area contributed by atoms with Crippen LogP contribution in [-0.4, -0.2) is 23.3 Å². The molecule has 7 heteroatoms. The minimum atomic E-state index is -0.459. The number of hydrogen-bond donors (Lipinski definition) is 1. The van der Waals surface area contributed by atoms with Gasteiger partial charge in [-0.3, -0.25) is 9.59 Å². The second kappa shape index (κ2) is 8.45. The van der Waals surface area contributed by atoms with E-state index in [1.54, 1.807) is 23.2 Å². The van der Waals surface area contributed by atoms with Gasteiger partial charge >= 0.3 is 0 Å². The molecule has 1 aromatic heterocycles. The van der Waals surface area contributed by atoms with E-state index in [1.807, 2.05) is 54.6 Å². The van der Waals surface area contributed by atoms with Crippen molar-refractivity contribution in [2.75, 3.05) is 16.8 Å². The number of halogens is 1. The van der Waals surface area contributed by atoms with Crippen LogP contribution in [0.5, 0.6) is 11.6 Å². The quantitative estimate of drug-likeness (QED) is 0.613. The van der Waals surface area contributed by atoms with Crippen LogP contribution in [0.15, 0.2) is 77.4 Å². The van der Waals surface area contributed by atoms with Crippen LogP contribution >= 0.6 is 15.9 Å². The van der Waals surface area contributed by atoms with Gasteiger partial charge in [0.2, 0.25) is 17.7 Å². The van der Waals surface area contributed by atoms with Gasteiger partial charge in [0, 0.05) is 23.6 Å². The fourth-order valence-electron chi connectivity index (χ4n) is 3.19. The molecule has 4 rings (SSSR count). The van der Waals surface area contributed by atoms with Crippen molar-refractivity contribution < 1.29 is 14.3 Å². The Morgan fingerprint density at radius 1 is 1.07 bits per heavy atom. The highest BCUT2D eigenvalue weighted by Gasteiger charge is 2.36. The molecule has 0 spiro atoms. The predicted octanol–water partition coefficient (Wildman–Crippen LogP) is 4.63. The Hall–Kier alpha value is -3.19. The summed E-state index contributed by atoms with van der Waals surface area (Å²) >= 11 is 3.47. The van der Waals surface area contributed by atoms with Crippen LogP contribution < -0.4 is 15.0 Å². The average Bonchev–Trinajstić information content (AvgIpc) is 3.12. The number of ether oxygens (including phenoxy) is 1. The highest BCUT2D eigenvalue weighted by molar-refractivity contribution is 9.10. The Morgan fingerprint density at radius 3 is 2.62 bits per heavy atom. The van der Waals surface area contributed by atoms with Crippen LogP contribution in [0.25, 0.3) is 0 Å². The molecule has 2 aromatic carbocycles. The molecule has 1 unspecified atom stereocenters. The van der Waals surface area contributed by atoms with Crippen LogP contribution in [0.1, 0.15) is 6.42 Å². The molecule has 146 valence electrons. The number of carbonyl (C=O) groups excluding carboxylic acids is 2. The van der Waals surface area contributed by atoms with Crippen molar-refractivity contribution in [3.05, 3.63) is 77.4 Å². The summed E-state index contributed by atoms with van der Waals surface area (Å²) in [5, 5.41) is 2.86. The number of carbonyl (C=O) groups is 2. The molecule has 29 heavy (non-hydrogen) atoms. The molecule has 1 aliphatic rings. The number of rotatable bonds is 5. The second-order valence-corrected chi connectivity index (χ2v) is 7.47. The van der Waals surface area contributed by atoms with Gasteiger partial charge in [-0.1, -0.05) is 30.3 Å². The van der Waals surface area contributed by atoms with Crippen molar-refractivity contribution in [1.29, 1.82) is 0 Å². The SMILES string of the molecule is O=C(Nc1cccnc1Oc1ccccc1)C1CC(=O)N(c2ccccc2Br)C1. The normalized spacial score (nSPS) is 16.0. The van der Waals surface area contributed by atoms with E-state index in [-0.39, 0.29) is 18.2 Å². The zero-order valence-corrected chi connectivity index (χ0v) is 17.0. The van der Waals surface area contributed by atoms with Crippen LogP contribution in [0, 0.1) is 5.92 Å². The van der Waals surface area contributed by atoms with E-state index >= 15 is 0 Å². The Labute approximate surface area is 176 Å². The molecule has 2 heterocycles. The van der Waals surface area contributed by atoms with E-state index in [2.05, 4.69) is 26.2 Å². The molecule has 0 bridgehead atoms. The summed E-state index contributed by atoms with van der Waals surface area (Å²) in [6.45, 7) is 0.322. The average molecular weight is 452 g/mol. The first-order valence-electron chi connectivity index (χ1n) is 9.15. The molecule has 0 radical (unpaired) electrons. The maximum Gasteiger partial charge on any atom is 0.243 e. The summed E-state index contributed by atoms with van der Waals surface area (Å²) in [7, 11) is 0. The lowest BCUT2D eigenvalue weighted by Crippen LogP contribution is -2.28. The summed E-state index contributed by atoms with van der Waals surface area (Å²) in [5.74, 6) is 0.152. The number of pyridine rings is 1. The Morgan fingerprint density at radius 2 is 1.83 bits per heavy atom. The zero-order valence-electron chi connectivity index (χ0n) is 15.4. The van der Waals surface area contributed by atoms with Crippen molar-refractivity contribution in [3.63, 3.8) is 0 Å². The molecule has 1 saturated heterocycles. The van der Waals surface area contributed by atoms with E-state index in [0.717, 1.165) is 10.2 Å². The summed E-state index contributed by atoms with van der Waals surface area (Å²) in [5.41, 5.74) is 1.23. The van der Waals surface area contributed by atoms with Gasteiger partial charge in [0.05, 0.1) is 11.6 Å². The van der Waals surface area contributed by atoms with Gasteiger partial charge in [-0.05, 0) is 52.3 Å². The molecular formula is C22H18BrN3O3. The molecule has 2 amide bonds. The van der Waals surface area contributed by atoms with Gasteiger partial charge in [-0.2, -0.15) is 0 Å². The van der Waals surface area contributed by atoms with E-state index in [4.69, 9.17) is 4.74 Å². The maximum absolute atomic E-state index is 12.8. The molecule has 1 N–H and O–H groups in total. The highest BCUT2D eigenvalue weighted by atomic mass is 79.9. The lowest BCUT2D eigenvalue weighted by Gasteiger charge is -2.18. The fraction of sp³-hybridized carbons (Fsp3) is 0.136. The Balaban J connectivity index is 1.48. The van der Waals surface area contributed by atoms with Gasteiger partial charge in [0.25, 0.3) is 0 Å². The first-order chi connectivity index (χ1) is 14.1. The largest absolute Gasteiger partial charge is 0.437 e. The van der Waals surface area contributed by atoms with Crippen LogP contribution in [0.3, 0.4) is 0 Å². The lowest BCUT2D eigenvalue weighted by atomic mass is 10.1. The van der Waals surface area contributed by atoms with Crippen molar-refractivity contribution in [2.24, 2.45) is 5.92 Å². The third-order valence-corrected chi connectivity index (χ3v) is 5.30. The first kappa shape index (κ1) is 19.1. The van der Waals surface area contributed by atoms with E-state index in [0.29, 0.717) is 23.9 Å². The predicted molar refractivity (Wildman–Crippen MR) is 114 cm³/mol. The van der Waals surface area contributed by atoms with E-state index in [1.165, 1.54) is 0 Å². The minimum absolute atomic E-state index is 0.0796. The third kappa shape index (κ3) is 4.30. The standard InChI is InChI=1S/C22H18BrN3O3/c23-17-9-4-5-11-19(17)26-14-15(13-20(26)27)21(28)25-18-10-6-12-24-22(18)29-16-7-2-1-3-8-16/h1-12,15H,13-14H2,(H,25,28). The van der Waals surface area contributed by atoms with E-state index < -0.39 is 5.92 Å². The van der Waals surface area contributed by atoms with Crippen LogP contribution in [-0.2, 0) is 9.59 Å². The number of anilines is 2. The first-order valence-corrected chi connectivity index (χ1v) is 9.95. The number of nitrogens with one attached hydrogen (secondary N) is 1. The zero-order chi connectivity index (χ0) is 20.2. The number of nitrogens with zero attached hydrogens (tertiary/aromatic N) is 2. The highest BCUT2D eigenvalue weighted by Crippen LogP contribution is 2.32. The molecule has 3 aromatic rings. The van der Waals surface area contributed by atoms with Gasteiger partial charge in [0.15, 0.2) is 0 Å². The second-order valence-electron chi connectivity index (χ2n) is 6.62. The van der Waals surface area contributed by atoms with Gasteiger partial charge in [-0.25, -0.2) is 4.98 Å². The van der Waals surface area contributed by atoms with Crippen molar-refractivity contribution in [2.45, 2.75) is 6.42 Å². The molecule has 6 nitrogen and oxygen atoms in total. The fourth-order valence-corrected chi connectivity index (χ4v) is 3.69. The van der Waals surface area contributed by atoms with Gasteiger partial charge < -0.3 is 15.0 Å². The molecule has 1 fully saturated rings. The summed E-state index contributed by atoms with van der Waals surface area (Å²) < 4.78 is 6.61. The number of para-hydroxylation sites is 2. The van der Waals surface area contributed by atoms with Crippen molar-refractivity contribution >= 4 is 39.1 Å². The third-order valence-electron chi connectivity index (χ3n) is 4.63. The Bertz CT molecular complexity index is 1040. The Kier molecular flexibility index (Phi) is 5.57. The number of amides is 2. The summed E-state index contributed by atoms with van der Waals surface area (Å²) in [6, 6.07) is 20.2. The molecular weight excluding hydrogens is 434 g/mol. The lowest BCUT2D eigenvalue weighted by molar-refractivity contribution is -0.122. The topological polar surface area (TPSA) is 71.5 Å². The minimum Gasteiger partial charge on any atom is -0.437 e. The monoisotopic (exact) mass is 451 g/mol. The summed E-state index contributed by atoms with van der Waals surface area (Å²) in [6.07, 6.45) is 1.75. The maximum atomic E-state index is 12.8. The van der Waals surface area contributed by atoms with Crippen molar-refractivity contribution in [3.8, 4) is 11.6 Å². The molecule has 1 atom stereocenters. The number of hydrogen-bond acceptors (Lipinski definition) is 4. The smallest absolute Gasteiger partial charge is 0.243 e. The molecule has 0 saturated carbocycles. The van der Waals surface area contributed by atoms with Crippen LogP contribution in [0.4, 0.5) is 11.4 Å². The van der Waals surface area contributed by atoms with Gasteiger partial charge in [0.1, 0.15) is 11.4 Å². The van der Waals surface area contributed by atoms with E-state index in [9.17, 15) is 9.59 Å².